The van der Waals surface area contributed by atoms with Crippen molar-refractivity contribution in [2.75, 3.05) is 0 Å². The lowest BCUT2D eigenvalue weighted by molar-refractivity contribution is -0.384. The Labute approximate surface area is 178 Å². The van der Waals surface area contributed by atoms with Crippen LogP contribution in [0.25, 0.3) is 22.6 Å². The van der Waals surface area contributed by atoms with Gasteiger partial charge in [-0.2, -0.15) is 5.26 Å². The van der Waals surface area contributed by atoms with E-state index < -0.39 is 4.92 Å². The third-order valence-corrected chi connectivity index (χ3v) is 5.15. The number of nitro groups is 1. The predicted molar refractivity (Wildman–Crippen MR) is 119 cm³/mol. The van der Waals surface area contributed by atoms with Crippen molar-refractivity contribution < 1.29 is 4.92 Å². The maximum atomic E-state index is 10.9. The molecule has 0 amide bonds. The van der Waals surface area contributed by atoms with Crippen LogP contribution in [0, 0.1) is 21.4 Å². The number of allylic oxidation sites excluding steroid dienone is 1. The first-order chi connectivity index (χ1) is 14.5. The summed E-state index contributed by atoms with van der Waals surface area (Å²) in [5, 5.41) is 22.3. The second-order valence-electron chi connectivity index (χ2n) is 6.83. The van der Waals surface area contributed by atoms with Crippen LogP contribution in [0.4, 0.5) is 5.69 Å². The van der Waals surface area contributed by atoms with Crippen LogP contribution in [0.15, 0.2) is 79.0 Å². The molecule has 0 bridgehead atoms. The molecule has 0 aliphatic heterocycles. The molecular formula is C24H16ClN3O2. The van der Waals surface area contributed by atoms with E-state index in [4.69, 9.17) is 11.6 Å². The molecule has 0 saturated heterocycles. The molecule has 0 saturated carbocycles. The lowest BCUT2D eigenvalue weighted by atomic mass is 10.0. The van der Waals surface area contributed by atoms with Crippen LogP contribution in [0.2, 0.25) is 5.02 Å². The fourth-order valence-electron chi connectivity index (χ4n) is 3.41. The van der Waals surface area contributed by atoms with Crippen molar-refractivity contribution in [1.29, 1.82) is 5.26 Å². The van der Waals surface area contributed by atoms with E-state index >= 15 is 0 Å². The Morgan fingerprint density at radius 1 is 1.07 bits per heavy atom. The molecule has 4 aromatic rings. The van der Waals surface area contributed by atoms with E-state index in [9.17, 15) is 15.4 Å². The van der Waals surface area contributed by atoms with Crippen molar-refractivity contribution in [2.45, 2.75) is 6.54 Å². The standard InChI is InChI=1S/C24H16ClN3O2/c25-21-9-5-17(6-10-21)15-27-16-20(23-3-1-2-4-24(23)27)13-19(14-26)18-7-11-22(12-8-18)28(29)30/h1-13,16H,15H2/b19-13-. The Bertz CT molecular complexity index is 1300. The molecule has 0 unspecified atom stereocenters. The number of fused-ring (bicyclic) bond motifs is 1. The van der Waals surface area contributed by atoms with Gasteiger partial charge in [-0.05, 0) is 47.5 Å². The molecule has 3 aromatic carbocycles. The van der Waals surface area contributed by atoms with Crippen LogP contribution in [-0.4, -0.2) is 9.49 Å². The van der Waals surface area contributed by atoms with Gasteiger partial charge in [-0.1, -0.05) is 41.9 Å². The summed E-state index contributed by atoms with van der Waals surface area (Å²) < 4.78 is 2.13. The number of para-hydroxylation sites is 1. The van der Waals surface area contributed by atoms with Crippen LogP contribution in [0.5, 0.6) is 0 Å². The first-order valence-corrected chi connectivity index (χ1v) is 9.62. The SMILES string of the molecule is N#C/C(=C/c1cn(Cc2ccc(Cl)cc2)c2ccccc12)c1ccc([N+](=O)[O-])cc1. The third-order valence-electron chi connectivity index (χ3n) is 4.90. The number of nitriles is 1. The minimum absolute atomic E-state index is 0.00407. The van der Waals surface area contributed by atoms with E-state index in [1.165, 1.54) is 12.1 Å². The van der Waals surface area contributed by atoms with E-state index in [1.807, 2.05) is 60.8 Å². The van der Waals surface area contributed by atoms with Gasteiger partial charge in [0.1, 0.15) is 0 Å². The molecule has 0 spiro atoms. The summed E-state index contributed by atoms with van der Waals surface area (Å²) >= 11 is 5.99. The number of non-ortho nitro benzene ring substituents is 1. The Hall–Kier alpha value is -3.88. The Morgan fingerprint density at radius 2 is 1.77 bits per heavy atom. The van der Waals surface area contributed by atoms with Gasteiger partial charge in [0.05, 0.1) is 16.6 Å². The van der Waals surface area contributed by atoms with Gasteiger partial charge in [0.25, 0.3) is 5.69 Å². The number of nitrogens with zero attached hydrogens (tertiary/aromatic N) is 3. The summed E-state index contributed by atoms with van der Waals surface area (Å²) in [6.45, 7) is 0.672. The number of benzene rings is 3. The molecule has 0 radical (unpaired) electrons. The quantitative estimate of drug-likeness (QED) is 0.218. The lowest BCUT2D eigenvalue weighted by Gasteiger charge is -2.05. The monoisotopic (exact) mass is 413 g/mol. The number of hydrogen-bond donors (Lipinski definition) is 0. The fraction of sp³-hybridized carbons (Fsp3) is 0.0417. The minimum Gasteiger partial charge on any atom is -0.342 e. The zero-order chi connectivity index (χ0) is 21.1. The Kier molecular flexibility index (Phi) is 5.34. The minimum atomic E-state index is -0.454. The van der Waals surface area contributed by atoms with Crippen molar-refractivity contribution in [3.63, 3.8) is 0 Å². The van der Waals surface area contributed by atoms with Crippen molar-refractivity contribution in [3.8, 4) is 6.07 Å². The summed E-state index contributed by atoms with van der Waals surface area (Å²) in [7, 11) is 0. The molecule has 1 aromatic heterocycles. The number of aromatic nitrogens is 1. The molecule has 0 N–H and O–H groups in total. The number of nitro benzene ring substituents is 1. The first-order valence-electron chi connectivity index (χ1n) is 9.24. The van der Waals surface area contributed by atoms with Crippen molar-refractivity contribution in [3.05, 3.63) is 111 Å². The predicted octanol–water partition coefficient (Wildman–Crippen LogP) is 6.32. The smallest absolute Gasteiger partial charge is 0.269 e. The van der Waals surface area contributed by atoms with E-state index in [-0.39, 0.29) is 5.69 Å². The topological polar surface area (TPSA) is 71.9 Å². The molecule has 4 rings (SSSR count). The highest BCUT2D eigenvalue weighted by Gasteiger charge is 2.11. The summed E-state index contributed by atoms with van der Waals surface area (Å²) in [4.78, 5) is 10.4. The molecule has 146 valence electrons. The maximum absolute atomic E-state index is 10.9. The second kappa shape index (κ2) is 8.24. The Morgan fingerprint density at radius 3 is 2.43 bits per heavy atom. The van der Waals surface area contributed by atoms with E-state index in [0.717, 1.165) is 22.0 Å². The van der Waals surface area contributed by atoms with Gasteiger partial charge in [-0.15, -0.1) is 0 Å². The first kappa shape index (κ1) is 19.4. The largest absolute Gasteiger partial charge is 0.342 e. The van der Waals surface area contributed by atoms with Gasteiger partial charge in [-0.3, -0.25) is 10.1 Å². The summed E-state index contributed by atoms with van der Waals surface area (Å²) in [6.07, 6.45) is 3.84. The third kappa shape index (κ3) is 3.95. The lowest BCUT2D eigenvalue weighted by Crippen LogP contribution is -1.97. The van der Waals surface area contributed by atoms with Crippen LogP contribution in [-0.2, 0) is 6.54 Å². The van der Waals surface area contributed by atoms with Gasteiger partial charge >= 0.3 is 0 Å². The van der Waals surface area contributed by atoms with Crippen molar-refractivity contribution in [2.24, 2.45) is 0 Å². The molecule has 0 aliphatic carbocycles. The van der Waals surface area contributed by atoms with Crippen LogP contribution in [0.1, 0.15) is 16.7 Å². The van der Waals surface area contributed by atoms with E-state index in [0.29, 0.717) is 22.7 Å². The van der Waals surface area contributed by atoms with Crippen LogP contribution in [0.3, 0.4) is 0 Å². The van der Waals surface area contributed by atoms with Crippen LogP contribution >= 0.6 is 11.6 Å². The van der Waals surface area contributed by atoms with Gasteiger partial charge in [0, 0.05) is 46.4 Å². The molecule has 0 aliphatic rings. The summed E-state index contributed by atoms with van der Waals surface area (Å²) in [5.74, 6) is 0. The second-order valence-corrected chi connectivity index (χ2v) is 7.27. The molecule has 1 heterocycles. The molecule has 30 heavy (non-hydrogen) atoms. The van der Waals surface area contributed by atoms with Gasteiger partial charge < -0.3 is 4.57 Å². The fourth-order valence-corrected chi connectivity index (χ4v) is 3.53. The molecular weight excluding hydrogens is 398 g/mol. The number of rotatable bonds is 5. The molecule has 0 fully saturated rings. The highest BCUT2D eigenvalue weighted by Crippen LogP contribution is 2.27. The zero-order valence-electron chi connectivity index (χ0n) is 15.8. The highest BCUT2D eigenvalue weighted by atomic mass is 35.5. The Balaban J connectivity index is 1.75. The average Bonchev–Trinajstić information content (AvgIpc) is 3.11. The van der Waals surface area contributed by atoms with Crippen molar-refractivity contribution in [1.82, 2.24) is 4.57 Å². The summed E-state index contributed by atoms with van der Waals surface area (Å²) in [5.41, 5.74) is 4.16. The van der Waals surface area contributed by atoms with Crippen molar-refractivity contribution >= 4 is 39.8 Å². The normalized spacial score (nSPS) is 11.4. The molecule has 6 heteroatoms. The average molecular weight is 414 g/mol. The number of halogens is 1. The van der Waals surface area contributed by atoms with Gasteiger partial charge in [0.2, 0.25) is 0 Å². The molecule has 0 atom stereocenters. The highest BCUT2D eigenvalue weighted by molar-refractivity contribution is 6.30. The van der Waals surface area contributed by atoms with Crippen LogP contribution < -0.4 is 0 Å². The number of hydrogen-bond acceptors (Lipinski definition) is 3. The van der Waals surface area contributed by atoms with E-state index in [1.54, 1.807) is 12.1 Å². The van der Waals surface area contributed by atoms with Gasteiger partial charge in [0.15, 0.2) is 0 Å². The van der Waals surface area contributed by atoms with Gasteiger partial charge in [-0.25, -0.2) is 0 Å². The van der Waals surface area contributed by atoms with E-state index in [2.05, 4.69) is 10.6 Å². The maximum Gasteiger partial charge on any atom is 0.269 e. The summed E-state index contributed by atoms with van der Waals surface area (Å²) in [6, 6.07) is 23.9. The zero-order valence-corrected chi connectivity index (χ0v) is 16.6. The molecule has 5 nitrogen and oxygen atoms in total.